The van der Waals surface area contributed by atoms with E-state index in [1.807, 2.05) is 25.1 Å². The number of carbonyl (C=O) groups excluding carboxylic acids is 2. The zero-order valence-electron chi connectivity index (χ0n) is 19.6. The number of amides is 2. The van der Waals surface area contributed by atoms with Crippen LogP contribution in [0.3, 0.4) is 0 Å². The fourth-order valence-electron chi connectivity index (χ4n) is 4.27. The molecule has 2 atom stereocenters. The van der Waals surface area contributed by atoms with E-state index in [9.17, 15) is 14.0 Å². The van der Waals surface area contributed by atoms with Crippen molar-refractivity contribution in [2.45, 2.75) is 44.7 Å². The van der Waals surface area contributed by atoms with Crippen LogP contribution in [-0.4, -0.2) is 55.8 Å². The Morgan fingerprint density at radius 1 is 1.29 bits per heavy atom. The van der Waals surface area contributed by atoms with Crippen molar-refractivity contribution in [2.75, 3.05) is 36.5 Å². The van der Waals surface area contributed by atoms with Crippen molar-refractivity contribution in [3.05, 3.63) is 41.8 Å². The summed E-state index contributed by atoms with van der Waals surface area (Å²) < 4.78 is 24.3. The Labute approximate surface area is 198 Å². The van der Waals surface area contributed by atoms with Crippen LogP contribution in [-0.2, 0) is 4.79 Å². The summed E-state index contributed by atoms with van der Waals surface area (Å²) in [5, 5.41) is 3.50. The van der Waals surface area contributed by atoms with Crippen molar-refractivity contribution in [3.8, 4) is 11.6 Å². The molecule has 1 unspecified atom stereocenters. The third kappa shape index (κ3) is 4.97. The summed E-state index contributed by atoms with van der Waals surface area (Å²) in [5.41, 5.74) is 8.15. The smallest absolute Gasteiger partial charge is 0.420 e. The third-order valence-corrected chi connectivity index (χ3v) is 6.16. The van der Waals surface area contributed by atoms with Crippen molar-refractivity contribution < 1.29 is 23.5 Å². The first-order valence-electron chi connectivity index (χ1n) is 11.4. The number of carbonyl (C=O) groups is 2. The molecule has 2 aromatic rings. The normalized spacial score (nSPS) is 18.3. The number of benzene rings is 1. The number of nitrogens with zero attached hydrogens (tertiary/aromatic N) is 3. The molecule has 182 valence electrons. The Morgan fingerprint density at radius 2 is 2.06 bits per heavy atom. The molecule has 1 fully saturated rings. The molecule has 10 heteroatoms. The van der Waals surface area contributed by atoms with Gasteiger partial charge < -0.3 is 25.4 Å². The number of fused-ring (bicyclic) bond motifs is 1. The number of aromatic nitrogens is 1. The molecule has 9 nitrogen and oxygen atoms in total. The molecule has 1 aliphatic heterocycles. The molecular formula is C24H30FN5O4. The molecule has 1 aliphatic carbocycles. The number of nitrogens with two attached hydrogens (primary N) is 1. The fraction of sp³-hybridized carbons (Fsp3) is 0.458. The molecule has 2 aliphatic rings. The number of ether oxygens (including phenoxy) is 2. The van der Waals surface area contributed by atoms with Crippen LogP contribution in [0.25, 0.3) is 0 Å². The van der Waals surface area contributed by atoms with Gasteiger partial charge in [-0.1, -0.05) is 6.07 Å². The average molecular weight is 472 g/mol. The van der Waals surface area contributed by atoms with Crippen LogP contribution >= 0.6 is 0 Å². The van der Waals surface area contributed by atoms with Gasteiger partial charge in [-0.15, -0.1) is 0 Å². The molecule has 1 saturated carbocycles. The van der Waals surface area contributed by atoms with Gasteiger partial charge in [0.1, 0.15) is 5.82 Å². The maximum atomic E-state index is 13.7. The predicted molar refractivity (Wildman–Crippen MR) is 126 cm³/mol. The SMILES string of the molecule is COc1ncc(F)cc1OC(=O)N1C[C@H](C)N(C(C)=O)c2ccc(C(CN)CNC3CC3)cc21. The summed E-state index contributed by atoms with van der Waals surface area (Å²) in [7, 11) is 1.36. The molecule has 0 spiro atoms. The van der Waals surface area contributed by atoms with Gasteiger partial charge in [-0.2, -0.15) is 0 Å². The van der Waals surface area contributed by atoms with Gasteiger partial charge in [0, 0.05) is 44.6 Å². The lowest BCUT2D eigenvalue weighted by atomic mass is 9.96. The van der Waals surface area contributed by atoms with Gasteiger partial charge in [-0.25, -0.2) is 14.2 Å². The highest BCUT2D eigenvalue weighted by Crippen LogP contribution is 2.39. The summed E-state index contributed by atoms with van der Waals surface area (Å²) in [6.07, 6.45) is 2.60. The Morgan fingerprint density at radius 3 is 2.71 bits per heavy atom. The highest BCUT2D eigenvalue weighted by atomic mass is 19.1. The number of nitrogens with one attached hydrogen (secondary N) is 1. The van der Waals surface area contributed by atoms with Crippen LogP contribution in [0.2, 0.25) is 0 Å². The second-order valence-corrected chi connectivity index (χ2v) is 8.74. The Hall–Kier alpha value is -3.24. The minimum absolute atomic E-state index is 0.00603. The van der Waals surface area contributed by atoms with Crippen LogP contribution in [0.4, 0.5) is 20.6 Å². The Kier molecular flexibility index (Phi) is 6.99. The molecule has 2 heterocycles. The second-order valence-electron chi connectivity index (χ2n) is 8.74. The molecule has 34 heavy (non-hydrogen) atoms. The predicted octanol–water partition coefficient (Wildman–Crippen LogP) is 2.78. The zero-order valence-corrected chi connectivity index (χ0v) is 19.6. The fourth-order valence-corrected chi connectivity index (χ4v) is 4.27. The van der Waals surface area contributed by atoms with Gasteiger partial charge >= 0.3 is 6.09 Å². The number of halogens is 1. The van der Waals surface area contributed by atoms with Gasteiger partial charge in [0.25, 0.3) is 5.88 Å². The lowest BCUT2D eigenvalue weighted by molar-refractivity contribution is -0.117. The van der Waals surface area contributed by atoms with E-state index in [4.69, 9.17) is 15.2 Å². The van der Waals surface area contributed by atoms with Crippen LogP contribution in [0.5, 0.6) is 11.6 Å². The number of rotatable bonds is 7. The minimum Gasteiger partial charge on any atom is -0.478 e. The highest BCUT2D eigenvalue weighted by Gasteiger charge is 2.35. The van der Waals surface area contributed by atoms with E-state index in [2.05, 4.69) is 10.3 Å². The van der Waals surface area contributed by atoms with E-state index in [0.29, 0.717) is 24.0 Å². The van der Waals surface area contributed by atoms with Gasteiger partial charge in [0.05, 0.1) is 30.7 Å². The second kappa shape index (κ2) is 9.94. The molecule has 4 rings (SSSR count). The molecule has 0 saturated heterocycles. The Balaban J connectivity index is 1.68. The number of methoxy groups -OCH3 is 1. The highest BCUT2D eigenvalue weighted by molar-refractivity contribution is 6.02. The van der Waals surface area contributed by atoms with Gasteiger partial charge in [-0.05, 0) is 37.5 Å². The van der Waals surface area contributed by atoms with Crippen molar-refractivity contribution >= 4 is 23.4 Å². The summed E-state index contributed by atoms with van der Waals surface area (Å²) in [5.74, 6) is -0.874. The van der Waals surface area contributed by atoms with E-state index < -0.39 is 11.9 Å². The molecule has 0 bridgehead atoms. The first kappa shape index (κ1) is 23.9. The summed E-state index contributed by atoms with van der Waals surface area (Å²) >= 11 is 0. The molecule has 0 radical (unpaired) electrons. The quantitative estimate of drug-likeness (QED) is 0.639. The molecular weight excluding hydrogens is 441 g/mol. The first-order chi connectivity index (χ1) is 16.3. The number of pyridine rings is 1. The molecule has 3 N–H and O–H groups in total. The third-order valence-electron chi connectivity index (χ3n) is 6.16. The minimum atomic E-state index is -0.723. The van der Waals surface area contributed by atoms with Crippen LogP contribution in [0, 0.1) is 5.82 Å². The average Bonchev–Trinajstić information content (AvgIpc) is 3.63. The lowest BCUT2D eigenvalue weighted by Crippen LogP contribution is -2.52. The maximum Gasteiger partial charge on any atom is 0.420 e. The standard InChI is InChI=1S/C24H30FN5O4/c1-14-13-29(24(32)34-22-9-18(25)12-28-23(22)33-3)21-8-16(4-7-20(21)30(14)15(2)31)17(10-26)11-27-19-5-6-19/h4,7-9,12,14,17,19,27H,5-6,10-11,13,26H2,1-3H3/t14-,17?/m0/s1. The van der Waals surface area contributed by atoms with Crippen molar-refractivity contribution in [3.63, 3.8) is 0 Å². The van der Waals surface area contributed by atoms with Crippen molar-refractivity contribution in [2.24, 2.45) is 5.73 Å². The largest absolute Gasteiger partial charge is 0.478 e. The Bertz CT molecular complexity index is 1080. The molecule has 2 amide bonds. The number of hydrogen-bond acceptors (Lipinski definition) is 7. The van der Waals surface area contributed by atoms with Crippen LogP contribution in [0.1, 0.15) is 38.2 Å². The molecule has 1 aromatic carbocycles. The van der Waals surface area contributed by atoms with E-state index >= 15 is 0 Å². The summed E-state index contributed by atoms with van der Waals surface area (Å²) in [4.78, 5) is 32.6. The monoisotopic (exact) mass is 471 g/mol. The van der Waals surface area contributed by atoms with Crippen LogP contribution in [0.15, 0.2) is 30.5 Å². The maximum absolute atomic E-state index is 13.7. The first-order valence-corrected chi connectivity index (χ1v) is 11.4. The topological polar surface area (TPSA) is 110 Å². The number of hydrogen-bond donors (Lipinski definition) is 2. The van der Waals surface area contributed by atoms with E-state index in [-0.39, 0.29) is 36.0 Å². The van der Waals surface area contributed by atoms with E-state index in [1.165, 1.54) is 31.8 Å². The van der Waals surface area contributed by atoms with Gasteiger partial charge in [-0.3, -0.25) is 9.69 Å². The van der Waals surface area contributed by atoms with Crippen molar-refractivity contribution in [1.82, 2.24) is 10.3 Å². The zero-order chi connectivity index (χ0) is 24.4. The van der Waals surface area contributed by atoms with Crippen LogP contribution < -0.4 is 30.3 Å². The summed E-state index contributed by atoms with van der Waals surface area (Å²) in [6.45, 7) is 4.71. The molecule has 1 aromatic heterocycles. The lowest BCUT2D eigenvalue weighted by Gasteiger charge is -2.40. The van der Waals surface area contributed by atoms with E-state index in [1.54, 1.807) is 4.90 Å². The van der Waals surface area contributed by atoms with Crippen molar-refractivity contribution in [1.29, 1.82) is 0 Å². The van der Waals surface area contributed by atoms with Gasteiger partial charge in [0.2, 0.25) is 5.91 Å². The van der Waals surface area contributed by atoms with E-state index in [0.717, 1.165) is 24.4 Å². The van der Waals surface area contributed by atoms with Gasteiger partial charge in [0.15, 0.2) is 5.75 Å². The summed E-state index contributed by atoms with van der Waals surface area (Å²) in [6, 6.07) is 6.96. The number of anilines is 2.